The Bertz CT molecular complexity index is 615. The summed E-state index contributed by atoms with van der Waals surface area (Å²) in [7, 11) is 0. The summed E-state index contributed by atoms with van der Waals surface area (Å²) in [5, 5.41) is 0.414. The minimum absolute atomic E-state index is 0.363. The summed E-state index contributed by atoms with van der Waals surface area (Å²) in [4.78, 5) is 11.0. The molecule has 3 rings (SSSR count). The molecular formula is C15H15BrClN3. The maximum absolute atomic E-state index is 6.06. The number of hydrogen-bond donors (Lipinski definition) is 0. The van der Waals surface area contributed by atoms with Gasteiger partial charge < -0.3 is 4.90 Å². The normalized spacial score (nSPS) is 18.6. The number of hydrogen-bond acceptors (Lipinski definition) is 3. The number of aryl methyl sites for hydroxylation is 1. The molecule has 1 aliphatic rings. The van der Waals surface area contributed by atoms with Gasteiger partial charge in [-0.05, 0) is 41.3 Å². The van der Waals surface area contributed by atoms with Crippen molar-refractivity contribution in [2.75, 3.05) is 11.4 Å². The topological polar surface area (TPSA) is 29.0 Å². The minimum atomic E-state index is 0.363. The van der Waals surface area contributed by atoms with Crippen molar-refractivity contribution in [2.24, 2.45) is 0 Å². The standard InChI is InChI=1S/C15H15BrClN3/c1-10-4-6-11(7-5-10)12-3-2-8-20(12)13-9-18-14(16)15(17)19-13/h4-7,9,12H,2-3,8H2,1H3. The van der Waals surface area contributed by atoms with E-state index < -0.39 is 0 Å². The second-order valence-corrected chi connectivity index (χ2v) is 6.18. The monoisotopic (exact) mass is 351 g/mol. The average molecular weight is 353 g/mol. The second kappa shape index (κ2) is 5.70. The highest BCUT2D eigenvalue weighted by Gasteiger charge is 2.27. The fraction of sp³-hybridized carbons (Fsp3) is 0.333. The predicted molar refractivity (Wildman–Crippen MR) is 85.2 cm³/mol. The van der Waals surface area contributed by atoms with Gasteiger partial charge in [0.15, 0.2) is 5.15 Å². The van der Waals surface area contributed by atoms with Gasteiger partial charge in [0.1, 0.15) is 10.4 Å². The van der Waals surface area contributed by atoms with Crippen LogP contribution in [0.2, 0.25) is 5.15 Å². The van der Waals surface area contributed by atoms with Gasteiger partial charge in [-0.25, -0.2) is 9.97 Å². The summed E-state index contributed by atoms with van der Waals surface area (Å²) >= 11 is 9.34. The van der Waals surface area contributed by atoms with E-state index in [1.165, 1.54) is 11.1 Å². The largest absolute Gasteiger partial charge is 0.348 e. The van der Waals surface area contributed by atoms with E-state index in [2.05, 4.69) is 62.0 Å². The van der Waals surface area contributed by atoms with Gasteiger partial charge in [0.25, 0.3) is 0 Å². The SMILES string of the molecule is Cc1ccc(C2CCCN2c2cnc(Br)c(Cl)n2)cc1. The van der Waals surface area contributed by atoms with Crippen LogP contribution >= 0.6 is 27.5 Å². The van der Waals surface area contributed by atoms with Crippen molar-refractivity contribution in [3.05, 3.63) is 51.3 Å². The first-order chi connectivity index (χ1) is 9.65. The van der Waals surface area contributed by atoms with Gasteiger partial charge in [-0.1, -0.05) is 41.4 Å². The summed E-state index contributed by atoms with van der Waals surface area (Å²) in [6, 6.07) is 9.08. The first-order valence-corrected chi connectivity index (χ1v) is 7.83. The lowest BCUT2D eigenvalue weighted by molar-refractivity contribution is 0.709. The van der Waals surface area contributed by atoms with E-state index in [1.807, 2.05) is 0 Å². The number of aromatic nitrogens is 2. The summed E-state index contributed by atoms with van der Waals surface area (Å²) in [6.45, 7) is 3.10. The molecule has 1 aromatic carbocycles. The van der Waals surface area contributed by atoms with Crippen LogP contribution in [0.4, 0.5) is 5.82 Å². The Morgan fingerprint density at radius 1 is 1.30 bits per heavy atom. The van der Waals surface area contributed by atoms with Crippen LogP contribution in [0.15, 0.2) is 35.1 Å². The predicted octanol–water partition coefficient (Wildman–Crippen LogP) is 4.54. The number of halogens is 2. The lowest BCUT2D eigenvalue weighted by atomic mass is 10.0. The highest BCUT2D eigenvalue weighted by Crippen LogP contribution is 2.35. The third-order valence-electron chi connectivity index (χ3n) is 3.69. The van der Waals surface area contributed by atoms with Crippen LogP contribution < -0.4 is 4.90 Å². The third kappa shape index (κ3) is 2.67. The van der Waals surface area contributed by atoms with Crippen molar-refractivity contribution in [3.63, 3.8) is 0 Å². The van der Waals surface area contributed by atoms with Gasteiger partial charge in [-0.3, -0.25) is 0 Å². The van der Waals surface area contributed by atoms with Crippen LogP contribution in [-0.2, 0) is 0 Å². The lowest BCUT2D eigenvalue weighted by Crippen LogP contribution is -2.23. The Labute approximate surface area is 132 Å². The van der Waals surface area contributed by atoms with Crippen molar-refractivity contribution >= 4 is 33.3 Å². The highest BCUT2D eigenvalue weighted by atomic mass is 79.9. The molecule has 0 aliphatic carbocycles. The van der Waals surface area contributed by atoms with Crippen molar-refractivity contribution in [3.8, 4) is 0 Å². The van der Waals surface area contributed by atoms with E-state index in [0.29, 0.717) is 15.8 Å². The summed E-state index contributed by atoms with van der Waals surface area (Å²) in [6.07, 6.45) is 4.08. The molecule has 104 valence electrons. The number of benzene rings is 1. The van der Waals surface area contributed by atoms with E-state index >= 15 is 0 Å². The molecule has 1 saturated heterocycles. The molecule has 2 heterocycles. The maximum Gasteiger partial charge on any atom is 0.164 e. The molecule has 20 heavy (non-hydrogen) atoms. The zero-order valence-corrected chi connectivity index (χ0v) is 13.5. The molecule has 0 N–H and O–H groups in total. The molecule has 1 fully saturated rings. The number of nitrogens with zero attached hydrogens (tertiary/aromatic N) is 3. The summed E-state index contributed by atoms with van der Waals surface area (Å²) in [5.41, 5.74) is 2.61. The molecule has 1 aromatic heterocycles. The van der Waals surface area contributed by atoms with E-state index in [4.69, 9.17) is 11.6 Å². The molecule has 0 amide bonds. The quantitative estimate of drug-likeness (QED) is 0.794. The van der Waals surface area contributed by atoms with Crippen molar-refractivity contribution < 1.29 is 0 Å². The Morgan fingerprint density at radius 2 is 2.05 bits per heavy atom. The summed E-state index contributed by atoms with van der Waals surface area (Å²) < 4.78 is 0.592. The Morgan fingerprint density at radius 3 is 2.75 bits per heavy atom. The van der Waals surface area contributed by atoms with Crippen molar-refractivity contribution in [1.29, 1.82) is 0 Å². The molecule has 1 unspecified atom stereocenters. The third-order valence-corrected chi connectivity index (χ3v) is 4.76. The van der Waals surface area contributed by atoms with Crippen LogP contribution in [0.3, 0.4) is 0 Å². The highest BCUT2D eigenvalue weighted by molar-refractivity contribution is 9.10. The van der Waals surface area contributed by atoms with Gasteiger partial charge in [0.05, 0.1) is 12.2 Å². The van der Waals surface area contributed by atoms with Crippen LogP contribution in [-0.4, -0.2) is 16.5 Å². The van der Waals surface area contributed by atoms with Gasteiger partial charge in [0.2, 0.25) is 0 Å². The van der Waals surface area contributed by atoms with Crippen molar-refractivity contribution in [2.45, 2.75) is 25.8 Å². The Kier molecular flexibility index (Phi) is 3.94. The Balaban J connectivity index is 1.92. The minimum Gasteiger partial charge on any atom is -0.348 e. The van der Waals surface area contributed by atoms with Gasteiger partial charge in [-0.2, -0.15) is 0 Å². The van der Waals surface area contributed by atoms with Crippen molar-refractivity contribution in [1.82, 2.24) is 9.97 Å². The second-order valence-electron chi connectivity index (χ2n) is 5.07. The molecule has 2 aromatic rings. The van der Waals surface area contributed by atoms with Crippen LogP contribution in [0.25, 0.3) is 0 Å². The first kappa shape index (κ1) is 13.8. The fourth-order valence-electron chi connectivity index (χ4n) is 2.66. The van der Waals surface area contributed by atoms with Crippen LogP contribution in [0.1, 0.15) is 30.0 Å². The molecule has 0 spiro atoms. The smallest absolute Gasteiger partial charge is 0.164 e. The van der Waals surface area contributed by atoms with Gasteiger partial charge in [0, 0.05) is 6.54 Å². The first-order valence-electron chi connectivity index (χ1n) is 6.66. The number of rotatable bonds is 2. The van der Waals surface area contributed by atoms with E-state index in [1.54, 1.807) is 6.20 Å². The molecule has 3 nitrogen and oxygen atoms in total. The number of anilines is 1. The van der Waals surface area contributed by atoms with E-state index in [9.17, 15) is 0 Å². The zero-order valence-electron chi connectivity index (χ0n) is 11.2. The van der Waals surface area contributed by atoms with E-state index in [-0.39, 0.29) is 0 Å². The molecule has 0 radical (unpaired) electrons. The van der Waals surface area contributed by atoms with Crippen LogP contribution in [0.5, 0.6) is 0 Å². The zero-order chi connectivity index (χ0) is 14.1. The Hall–Kier alpha value is -1.13. The molecule has 1 atom stereocenters. The molecule has 0 saturated carbocycles. The fourth-order valence-corrected chi connectivity index (χ4v) is 2.98. The summed E-state index contributed by atoms with van der Waals surface area (Å²) in [5.74, 6) is 0.848. The van der Waals surface area contributed by atoms with E-state index in [0.717, 1.165) is 25.2 Å². The maximum atomic E-state index is 6.06. The molecule has 0 bridgehead atoms. The average Bonchev–Trinajstić information content (AvgIpc) is 2.92. The van der Waals surface area contributed by atoms with Crippen LogP contribution in [0, 0.1) is 6.92 Å². The molecular weight excluding hydrogens is 338 g/mol. The van der Waals surface area contributed by atoms with Gasteiger partial charge in [-0.15, -0.1) is 0 Å². The molecule has 5 heteroatoms. The molecule has 1 aliphatic heterocycles. The van der Waals surface area contributed by atoms with Gasteiger partial charge >= 0.3 is 0 Å². The lowest BCUT2D eigenvalue weighted by Gasteiger charge is -2.26.